The molecule has 2 aromatic rings. The number of carbonyl (C=O) groups excluding carboxylic acids is 1. The number of aromatic amines is 1. The van der Waals surface area contributed by atoms with Crippen molar-refractivity contribution in [3.8, 4) is 0 Å². The maximum atomic E-state index is 12.8. The molecule has 0 aliphatic carbocycles. The number of hydrogen-bond donors (Lipinski definition) is 1. The largest absolute Gasteiger partial charge is 0.349 e. The van der Waals surface area contributed by atoms with E-state index in [1.165, 1.54) is 0 Å². The Bertz CT molecular complexity index is 773. The summed E-state index contributed by atoms with van der Waals surface area (Å²) < 4.78 is 0. The van der Waals surface area contributed by atoms with Crippen molar-refractivity contribution in [1.82, 2.24) is 14.9 Å². The van der Waals surface area contributed by atoms with Gasteiger partial charge in [0.15, 0.2) is 0 Å². The second kappa shape index (κ2) is 7.32. The van der Waals surface area contributed by atoms with Crippen LogP contribution in [0.1, 0.15) is 42.4 Å². The van der Waals surface area contributed by atoms with E-state index < -0.39 is 0 Å². The lowest BCUT2D eigenvalue weighted by Gasteiger charge is -2.31. The second-order valence-corrected chi connectivity index (χ2v) is 7.23. The molecule has 3 heterocycles. The summed E-state index contributed by atoms with van der Waals surface area (Å²) >= 11 is 0. The average Bonchev–Trinajstić information content (AvgIpc) is 3.34. The zero-order chi connectivity index (χ0) is 17.9. The van der Waals surface area contributed by atoms with Gasteiger partial charge in [0.2, 0.25) is 0 Å². The van der Waals surface area contributed by atoms with Crippen molar-refractivity contribution in [2.45, 2.75) is 32.6 Å². The lowest BCUT2D eigenvalue weighted by atomic mass is 9.93. The van der Waals surface area contributed by atoms with Crippen LogP contribution in [-0.2, 0) is 6.42 Å². The minimum Gasteiger partial charge on any atom is -0.349 e. The summed E-state index contributed by atoms with van der Waals surface area (Å²) in [5.41, 5.74) is 2.97. The molecule has 0 unspecified atom stereocenters. The highest BCUT2D eigenvalue weighted by atomic mass is 16.2. The standard InChI is InChI=1S/C20H25N5O/c1-15-6-13-25(23-15)18-4-2-17(3-5-18)20(26)24-11-7-16(8-12-24)14-19-21-9-10-22-19/h2-5,9-10,16H,6-8,11-14H2,1H3,(H,21,22). The van der Waals surface area contributed by atoms with E-state index in [-0.39, 0.29) is 5.91 Å². The summed E-state index contributed by atoms with van der Waals surface area (Å²) in [7, 11) is 0. The van der Waals surface area contributed by atoms with Gasteiger partial charge in [-0.05, 0) is 49.9 Å². The number of nitrogens with zero attached hydrogens (tertiary/aromatic N) is 4. The first-order chi connectivity index (χ1) is 12.7. The number of carbonyl (C=O) groups is 1. The summed E-state index contributed by atoms with van der Waals surface area (Å²) in [4.78, 5) is 22.2. The van der Waals surface area contributed by atoms with E-state index >= 15 is 0 Å². The monoisotopic (exact) mass is 351 g/mol. The Labute approximate surface area is 153 Å². The molecule has 1 aromatic carbocycles. The van der Waals surface area contributed by atoms with Gasteiger partial charge in [0.05, 0.1) is 5.69 Å². The number of hydrogen-bond acceptors (Lipinski definition) is 4. The van der Waals surface area contributed by atoms with E-state index in [2.05, 4.69) is 15.1 Å². The van der Waals surface area contributed by atoms with Crippen molar-refractivity contribution in [1.29, 1.82) is 0 Å². The highest BCUT2D eigenvalue weighted by Gasteiger charge is 2.24. The van der Waals surface area contributed by atoms with Crippen LogP contribution in [0, 0.1) is 5.92 Å². The van der Waals surface area contributed by atoms with Gasteiger partial charge in [0.1, 0.15) is 5.82 Å². The van der Waals surface area contributed by atoms with Crippen LogP contribution in [-0.4, -0.2) is 46.1 Å². The van der Waals surface area contributed by atoms with E-state index in [0.29, 0.717) is 5.92 Å². The van der Waals surface area contributed by atoms with E-state index in [4.69, 9.17) is 0 Å². The highest BCUT2D eigenvalue weighted by Crippen LogP contribution is 2.24. The van der Waals surface area contributed by atoms with E-state index in [1.807, 2.05) is 47.3 Å². The minimum atomic E-state index is 0.133. The Morgan fingerprint density at radius 1 is 1.19 bits per heavy atom. The number of nitrogens with one attached hydrogen (secondary N) is 1. The minimum absolute atomic E-state index is 0.133. The van der Waals surface area contributed by atoms with Crippen molar-refractivity contribution in [2.24, 2.45) is 11.0 Å². The van der Waals surface area contributed by atoms with Crippen LogP contribution in [0.4, 0.5) is 5.69 Å². The lowest BCUT2D eigenvalue weighted by molar-refractivity contribution is 0.0690. The van der Waals surface area contributed by atoms with Crippen LogP contribution in [0.2, 0.25) is 0 Å². The van der Waals surface area contributed by atoms with Gasteiger partial charge in [-0.3, -0.25) is 9.80 Å². The molecule has 2 aliphatic heterocycles. The van der Waals surface area contributed by atoms with Crippen LogP contribution < -0.4 is 5.01 Å². The van der Waals surface area contributed by atoms with Crippen LogP contribution in [0.3, 0.4) is 0 Å². The number of amides is 1. The van der Waals surface area contributed by atoms with Crippen LogP contribution in [0.15, 0.2) is 41.8 Å². The molecular formula is C20H25N5O. The van der Waals surface area contributed by atoms with Gasteiger partial charge in [0, 0.05) is 56.1 Å². The average molecular weight is 351 g/mol. The quantitative estimate of drug-likeness (QED) is 0.920. The molecule has 0 saturated carbocycles. The Hall–Kier alpha value is -2.63. The maximum Gasteiger partial charge on any atom is 0.253 e. The summed E-state index contributed by atoms with van der Waals surface area (Å²) in [6.07, 6.45) is 7.71. The van der Waals surface area contributed by atoms with Crippen LogP contribution in [0.5, 0.6) is 0 Å². The number of hydrazone groups is 1. The number of rotatable bonds is 4. The molecule has 4 rings (SSSR count). The number of imidazole rings is 1. The molecule has 1 aromatic heterocycles. The molecule has 0 bridgehead atoms. The van der Waals surface area contributed by atoms with Gasteiger partial charge in [-0.1, -0.05) is 0 Å². The van der Waals surface area contributed by atoms with Crippen molar-refractivity contribution >= 4 is 17.3 Å². The first-order valence-corrected chi connectivity index (χ1v) is 9.38. The predicted octanol–water partition coefficient (Wildman–Crippen LogP) is 3.09. The maximum absolute atomic E-state index is 12.8. The van der Waals surface area contributed by atoms with E-state index in [1.54, 1.807) is 6.20 Å². The molecule has 1 fully saturated rings. The molecule has 0 spiro atoms. The first kappa shape index (κ1) is 16.8. The molecule has 0 atom stereocenters. The fourth-order valence-corrected chi connectivity index (χ4v) is 3.74. The number of benzene rings is 1. The van der Waals surface area contributed by atoms with Gasteiger partial charge in [-0.15, -0.1) is 0 Å². The van der Waals surface area contributed by atoms with Crippen molar-refractivity contribution in [3.05, 3.63) is 48.0 Å². The molecule has 1 amide bonds. The third-order valence-corrected chi connectivity index (χ3v) is 5.33. The van der Waals surface area contributed by atoms with Crippen molar-refractivity contribution in [3.63, 3.8) is 0 Å². The summed E-state index contributed by atoms with van der Waals surface area (Å²) in [5, 5.41) is 6.51. The molecule has 136 valence electrons. The predicted molar refractivity (Wildman–Crippen MR) is 102 cm³/mol. The molecule has 1 N–H and O–H groups in total. The Balaban J connectivity index is 1.33. The van der Waals surface area contributed by atoms with E-state index in [9.17, 15) is 4.79 Å². The van der Waals surface area contributed by atoms with Gasteiger partial charge in [-0.2, -0.15) is 5.10 Å². The number of anilines is 1. The molecule has 1 saturated heterocycles. The zero-order valence-corrected chi connectivity index (χ0v) is 15.2. The fraction of sp³-hybridized carbons (Fsp3) is 0.450. The second-order valence-electron chi connectivity index (χ2n) is 7.23. The fourth-order valence-electron chi connectivity index (χ4n) is 3.74. The molecular weight excluding hydrogens is 326 g/mol. The SMILES string of the molecule is CC1=NN(c2ccc(C(=O)N3CCC(Cc4ncc[nH]4)CC3)cc2)CC1. The Morgan fingerprint density at radius 3 is 2.58 bits per heavy atom. The Morgan fingerprint density at radius 2 is 1.96 bits per heavy atom. The van der Waals surface area contributed by atoms with E-state index in [0.717, 1.165) is 68.1 Å². The molecule has 2 aliphatic rings. The number of H-pyrrole nitrogens is 1. The zero-order valence-electron chi connectivity index (χ0n) is 15.2. The smallest absolute Gasteiger partial charge is 0.253 e. The van der Waals surface area contributed by atoms with Gasteiger partial charge >= 0.3 is 0 Å². The first-order valence-electron chi connectivity index (χ1n) is 9.38. The topological polar surface area (TPSA) is 64.6 Å². The molecule has 26 heavy (non-hydrogen) atoms. The number of likely N-dealkylation sites (tertiary alicyclic amines) is 1. The lowest BCUT2D eigenvalue weighted by Crippen LogP contribution is -2.39. The normalized spacial score (nSPS) is 18.3. The van der Waals surface area contributed by atoms with Crippen molar-refractivity contribution in [2.75, 3.05) is 24.6 Å². The third-order valence-electron chi connectivity index (χ3n) is 5.33. The molecule has 6 nitrogen and oxygen atoms in total. The summed E-state index contributed by atoms with van der Waals surface area (Å²) in [6, 6.07) is 7.85. The molecule has 6 heteroatoms. The van der Waals surface area contributed by atoms with Gasteiger partial charge in [0.25, 0.3) is 5.91 Å². The van der Waals surface area contributed by atoms with Crippen molar-refractivity contribution < 1.29 is 4.79 Å². The molecule has 0 radical (unpaired) electrons. The summed E-state index contributed by atoms with van der Waals surface area (Å²) in [6.45, 7) is 4.61. The van der Waals surface area contributed by atoms with Gasteiger partial charge in [-0.25, -0.2) is 4.98 Å². The van der Waals surface area contributed by atoms with Gasteiger partial charge < -0.3 is 9.88 Å². The summed E-state index contributed by atoms with van der Waals surface area (Å²) in [5.74, 6) is 1.78. The Kier molecular flexibility index (Phi) is 4.73. The number of aromatic nitrogens is 2. The third kappa shape index (κ3) is 3.64. The van der Waals surface area contributed by atoms with Crippen LogP contribution >= 0.6 is 0 Å². The highest BCUT2D eigenvalue weighted by molar-refractivity contribution is 5.94. The number of piperidine rings is 1. The van der Waals surface area contributed by atoms with Crippen LogP contribution in [0.25, 0.3) is 0 Å².